The summed E-state index contributed by atoms with van der Waals surface area (Å²) in [4.78, 5) is 12.5. The van der Waals surface area contributed by atoms with Crippen molar-refractivity contribution >= 4 is 14.3 Å². The molecule has 0 aromatic carbocycles. The van der Waals surface area contributed by atoms with Gasteiger partial charge in [-0.15, -0.1) is 0 Å². The Balaban J connectivity index is 2.60. The molecule has 0 N–H and O–H groups in total. The fourth-order valence-corrected chi connectivity index (χ4v) is 4.22. The number of hydrogen-bond acceptors (Lipinski definition) is 4. The van der Waals surface area contributed by atoms with Crippen molar-refractivity contribution in [2.45, 2.75) is 57.8 Å². The van der Waals surface area contributed by atoms with Gasteiger partial charge in [0.1, 0.15) is 17.8 Å². The third-order valence-corrected chi connectivity index (χ3v) is 10.1. The number of esters is 1. The monoisotopic (exact) mass is 386 g/mol. The predicted molar refractivity (Wildman–Crippen MR) is 109 cm³/mol. The maximum absolute atomic E-state index is 12.5. The maximum atomic E-state index is 12.5. The molecule has 0 spiro atoms. The molecule has 0 saturated carbocycles. The number of methoxy groups -OCH3 is 2. The molecular weight excluding hydrogens is 356 g/mol. The second-order valence-electron chi connectivity index (χ2n) is 8.41. The van der Waals surface area contributed by atoms with Gasteiger partial charge in [0, 0.05) is 11.5 Å². The highest BCUT2D eigenvalue weighted by atomic mass is 28.4. The molecule has 0 fully saturated rings. The maximum Gasteiger partial charge on any atom is 0.317 e. The largest absolute Gasteiger partial charge is 0.500 e. The smallest absolute Gasteiger partial charge is 0.317 e. The molecule has 3 aliphatic carbocycles. The molecule has 146 valence electrons. The zero-order valence-corrected chi connectivity index (χ0v) is 18.4. The summed E-state index contributed by atoms with van der Waals surface area (Å²) in [7, 11) is 0.915. The van der Waals surface area contributed by atoms with Crippen molar-refractivity contribution in [2.75, 3.05) is 14.2 Å². The Hall–Kier alpha value is -1.95. The summed E-state index contributed by atoms with van der Waals surface area (Å²) in [5, 5.41) is 0.0482. The normalized spacial score (nSPS) is 26.1. The van der Waals surface area contributed by atoms with Gasteiger partial charge in [0.15, 0.2) is 8.32 Å². The Morgan fingerprint density at radius 2 is 1.78 bits per heavy atom. The van der Waals surface area contributed by atoms with Crippen LogP contribution in [-0.4, -0.2) is 34.6 Å². The van der Waals surface area contributed by atoms with Crippen LogP contribution in [0, 0.1) is 35.5 Å². The molecule has 5 heteroatoms. The molecule has 0 aliphatic heterocycles. The Labute approximate surface area is 164 Å². The molecule has 3 atom stereocenters. The molecule has 0 saturated heterocycles. The lowest BCUT2D eigenvalue weighted by molar-refractivity contribution is -0.146. The molecule has 0 aromatic heterocycles. The van der Waals surface area contributed by atoms with Crippen LogP contribution in [-0.2, 0) is 18.7 Å². The molecule has 3 aliphatic rings. The van der Waals surface area contributed by atoms with Crippen LogP contribution in [0.25, 0.3) is 0 Å². The fourth-order valence-electron chi connectivity index (χ4n) is 3.08. The van der Waals surface area contributed by atoms with Gasteiger partial charge in [0.25, 0.3) is 0 Å². The zero-order valence-electron chi connectivity index (χ0n) is 17.4. The lowest BCUT2D eigenvalue weighted by atomic mass is 9.78. The second kappa shape index (κ2) is 8.38. The molecule has 2 bridgehead atoms. The van der Waals surface area contributed by atoms with Gasteiger partial charge >= 0.3 is 5.97 Å². The predicted octanol–water partition coefficient (Wildman–Crippen LogP) is 4.05. The van der Waals surface area contributed by atoms with Crippen LogP contribution in [0.2, 0.25) is 18.1 Å². The van der Waals surface area contributed by atoms with Gasteiger partial charge < -0.3 is 13.9 Å². The average Bonchev–Trinajstić information content (AvgIpc) is 2.66. The van der Waals surface area contributed by atoms with Crippen molar-refractivity contribution in [2.24, 2.45) is 11.8 Å². The second-order valence-corrected chi connectivity index (χ2v) is 13.2. The topological polar surface area (TPSA) is 44.8 Å². The lowest BCUT2D eigenvalue weighted by Gasteiger charge is -2.40. The highest BCUT2D eigenvalue weighted by molar-refractivity contribution is 6.74. The number of carbonyl (C=O) groups is 1. The summed E-state index contributed by atoms with van der Waals surface area (Å²) in [5.74, 6) is 12.0. The van der Waals surface area contributed by atoms with Gasteiger partial charge in [-0.25, -0.2) is 0 Å². The van der Waals surface area contributed by atoms with Crippen molar-refractivity contribution in [1.29, 1.82) is 0 Å². The Morgan fingerprint density at radius 3 is 2.33 bits per heavy atom. The van der Waals surface area contributed by atoms with Crippen molar-refractivity contribution in [3.63, 3.8) is 0 Å². The number of rotatable bonds is 4. The van der Waals surface area contributed by atoms with E-state index < -0.39 is 20.3 Å². The third-order valence-electron chi connectivity index (χ3n) is 5.67. The molecule has 0 aromatic rings. The van der Waals surface area contributed by atoms with E-state index in [4.69, 9.17) is 13.9 Å². The van der Waals surface area contributed by atoms with Crippen LogP contribution in [0.3, 0.4) is 0 Å². The van der Waals surface area contributed by atoms with Gasteiger partial charge in [-0.1, -0.05) is 44.5 Å². The molecule has 27 heavy (non-hydrogen) atoms. The van der Waals surface area contributed by atoms with E-state index in [-0.39, 0.29) is 16.9 Å². The van der Waals surface area contributed by atoms with Gasteiger partial charge in [0.05, 0.1) is 14.2 Å². The molecule has 3 rings (SSSR count). The number of carbonyl (C=O) groups excluding carboxylic acids is 1. The summed E-state index contributed by atoms with van der Waals surface area (Å²) in [5.41, 5.74) is 0.943. The fraction of sp³-hybridized carbons (Fsp3) is 0.591. The number of fused-ring (bicyclic) bond motifs is 5. The van der Waals surface area contributed by atoms with Crippen LogP contribution in [0.5, 0.6) is 0 Å². The Morgan fingerprint density at radius 1 is 1.15 bits per heavy atom. The zero-order chi connectivity index (χ0) is 20.2. The molecular formula is C22H30O4Si. The quantitative estimate of drug-likeness (QED) is 0.415. The molecule has 1 unspecified atom stereocenters. The highest BCUT2D eigenvalue weighted by Crippen LogP contribution is 2.42. The molecule has 0 radical (unpaired) electrons. The Kier molecular flexibility index (Phi) is 6.62. The Bertz CT molecular complexity index is 762. The van der Waals surface area contributed by atoms with E-state index in [1.807, 2.05) is 0 Å². The number of hydrogen-bond donors (Lipinski definition) is 0. The van der Waals surface area contributed by atoms with Crippen LogP contribution in [0.15, 0.2) is 23.5 Å². The van der Waals surface area contributed by atoms with Gasteiger partial charge in [-0.2, -0.15) is 0 Å². The van der Waals surface area contributed by atoms with Crippen molar-refractivity contribution in [3.8, 4) is 23.7 Å². The minimum atomic E-state index is -2.08. The van der Waals surface area contributed by atoms with E-state index >= 15 is 0 Å². The minimum Gasteiger partial charge on any atom is -0.500 e. The van der Waals surface area contributed by atoms with Crippen LogP contribution < -0.4 is 0 Å². The van der Waals surface area contributed by atoms with E-state index in [2.05, 4.69) is 57.5 Å². The SMILES string of the molecule is COC(=O)[C@@H]1C(OC)=C2CCC1C#C/C=C\C#C[C@@H]2O[Si](C)(C)C(C)(C)C. The summed E-state index contributed by atoms with van der Waals surface area (Å²) < 4.78 is 17.4. The summed E-state index contributed by atoms with van der Waals surface area (Å²) >= 11 is 0. The van der Waals surface area contributed by atoms with E-state index in [0.29, 0.717) is 5.76 Å². The standard InChI is InChI=1S/C22H30O4Si/c1-22(2,3)27(6,7)26-18-13-11-9-8-10-12-16-14-15-17(18)20(24-4)19(16)21(23)25-5/h8-9,16,18-19H,14-15H2,1-7H3/b9-8-/t16?,18-,19-/m0/s1. The molecule has 0 heterocycles. The summed E-state index contributed by atoms with van der Waals surface area (Å²) in [6.07, 6.45) is 4.54. The van der Waals surface area contributed by atoms with Crippen molar-refractivity contribution < 1.29 is 18.7 Å². The first-order valence-electron chi connectivity index (χ1n) is 9.32. The third kappa shape index (κ3) is 4.67. The van der Waals surface area contributed by atoms with E-state index in [9.17, 15) is 4.79 Å². The average molecular weight is 387 g/mol. The van der Waals surface area contributed by atoms with Crippen molar-refractivity contribution in [3.05, 3.63) is 23.5 Å². The van der Waals surface area contributed by atoms with Crippen LogP contribution in [0.1, 0.15) is 33.6 Å². The highest BCUT2D eigenvalue weighted by Gasteiger charge is 2.44. The molecule has 4 nitrogen and oxygen atoms in total. The van der Waals surface area contributed by atoms with E-state index in [1.54, 1.807) is 19.3 Å². The van der Waals surface area contributed by atoms with Gasteiger partial charge in [-0.05, 0) is 43.1 Å². The van der Waals surface area contributed by atoms with Gasteiger partial charge in [0.2, 0.25) is 0 Å². The summed E-state index contributed by atoms with van der Waals surface area (Å²) in [6.45, 7) is 11.0. The van der Waals surface area contributed by atoms with Crippen LogP contribution in [0.4, 0.5) is 0 Å². The first-order chi connectivity index (χ1) is 12.6. The van der Waals surface area contributed by atoms with Gasteiger partial charge in [-0.3, -0.25) is 4.79 Å². The van der Waals surface area contributed by atoms with E-state index in [1.165, 1.54) is 7.11 Å². The number of allylic oxidation sites excluding steroid dienone is 2. The lowest BCUT2D eigenvalue weighted by Crippen LogP contribution is -2.45. The molecule has 0 amide bonds. The van der Waals surface area contributed by atoms with Crippen LogP contribution >= 0.6 is 0 Å². The van der Waals surface area contributed by atoms with Crippen molar-refractivity contribution in [1.82, 2.24) is 0 Å². The summed E-state index contributed by atoms with van der Waals surface area (Å²) in [6, 6.07) is 0. The first-order valence-corrected chi connectivity index (χ1v) is 12.2. The van der Waals surface area contributed by atoms with E-state index in [0.717, 1.165) is 18.4 Å². The number of ether oxygens (including phenoxy) is 2. The first kappa shape index (κ1) is 21.3. The minimum absolute atomic E-state index is 0.0482.